The van der Waals surface area contributed by atoms with Crippen molar-refractivity contribution < 1.29 is 14.6 Å². The number of hydrogen-bond acceptors (Lipinski definition) is 7. The molecule has 0 saturated carbocycles. The van der Waals surface area contributed by atoms with Crippen LogP contribution < -0.4 is 5.32 Å². The molecule has 4 rings (SSSR count). The van der Waals surface area contributed by atoms with Crippen LogP contribution in [0.25, 0.3) is 11.5 Å². The number of aromatic carboxylic acids is 1. The summed E-state index contributed by atoms with van der Waals surface area (Å²) >= 11 is 0. The van der Waals surface area contributed by atoms with Crippen LogP contribution in [0.15, 0.2) is 42.9 Å². The molecule has 0 radical (unpaired) electrons. The van der Waals surface area contributed by atoms with Crippen molar-refractivity contribution in [2.75, 3.05) is 18.5 Å². The van der Waals surface area contributed by atoms with Gasteiger partial charge in [-0.05, 0) is 24.3 Å². The van der Waals surface area contributed by atoms with Gasteiger partial charge in [0.2, 0.25) is 0 Å². The summed E-state index contributed by atoms with van der Waals surface area (Å²) in [5, 5.41) is 21.0. The Morgan fingerprint density at radius 3 is 2.96 bits per heavy atom. The average Bonchev–Trinajstić information content (AvgIpc) is 3.33. The minimum atomic E-state index is -0.976. The number of aromatic amines is 1. The number of H-pyrrole nitrogens is 1. The maximum absolute atomic E-state index is 11.2. The minimum Gasteiger partial charge on any atom is -0.478 e. The lowest BCUT2D eigenvalue weighted by molar-refractivity contribution is 0.0697. The molecule has 3 heterocycles. The van der Waals surface area contributed by atoms with Gasteiger partial charge in [0.15, 0.2) is 11.6 Å². The van der Waals surface area contributed by atoms with Gasteiger partial charge in [-0.2, -0.15) is 0 Å². The van der Waals surface area contributed by atoms with Crippen molar-refractivity contribution in [1.29, 1.82) is 0 Å². The number of nitrogens with one attached hydrogen (secondary N) is 2. The second kappa shape index (κ2) is 6.52. The van der Waals surface area contributed by atoms with Crippen LogP contribution in [-0.4, -0.2) is 49.4 Å². The van der Waals surface area contributed by atoms with Crippen molar-refractivity contribution in [1.82, 2.24) is 25.1 Å². The molecular formula is C17H16N6O3. The van der Waals surface area contributed by atoms with Crippen molar-refractivity contribution >= 4 is 11.7 Å². The summed E-state index contributed by atoms with van der Waals surface area (Å²) < 4.78 is 5.59. The van der Waals surface area contributed by atoms with E-state index >= 15 is 0 Å². The highest BCUT2D eigenvalue weighted by Gasteiger charge is 2.40. The van der Waals surface area contributed by atoms with E-state index in [1.165, 1.54) is 6.33 Å². The quantitative estimate of drug-likeness (QED) is 0.633. The normalized spacial score (nSPS) is 19.4. The highest BCUT2D eigenvalue weighted by molar-refractivity contribution is 5.88. The zero-order valence-electron chi connectivity index (χ0n) is 13.7. The summed E-state index contributed by atoms with van der Waals surface area (Å²) in [5.41, 5.74) is 0.912. The Hall–Kier alpha value is -3.33. The number of carboxylic acid groups (broad SMARTS) is 1. The molecule has 1 aliphatic heterocycles. The summed E-state index contributed by atoms with van der Waals surface area (Å²) in [6.07, 6.45) is 3.75. The molecule has 9 heteroatoms. The lowest BCUT2D eigenvalue weighted by Gasteiger charge is -2.27. The van der Waals surface area contributed by atoms with Crippen molar-refractivity contribution in [3.05, 3.63) is 54.2 Å². The zero-order valence-corrected chi connectivity index (χ0v) is 13.7. The number of hydrogen-bond donors (Lipinski definition) is 3. The van der Waals surface area contributed by atoms with Gasteiger partial charge >= 0.3 is 5.97 Å². The first-order valence-electron chi connectivity index (χ1n) is 8.05. The molecule has 0 aliphatic carbocycles. The number of benzene rings is 1. The fourth-order valence-corrected chi connectivity index (χ4v) is 2.94. The van der Waals surface area contributed by atoms with E-state index in [-0.39, 0.29) is 5.56 Å². The molecule has 0 unspecified atom stereocenters. The highest BCUT2D eigenvalue weighted by Crippen LogP contribution is 2.33. The number of carboxylic acids is 1. The van der Waals surface area contributed by atoms with E-state index in [0.717, 1.165) is 0 Å². The van der Waals surface area contributed by atoms with Gasteiger partial charge in [0.05, 0.1) is 12.2 Å². The molecule has 1 aliphatic rings. The van der Waals surface area contributed by atoms with Gasteiger partial charge in [-0.1, -0.05) is 6.07 Å². The summed E-state index contributed by atoms with van der Waals surface area (Å²) in [6, 6.07) is 8.39. The number of ether oxygens (including phenoxy) is 1. The van der Waals surface area contributed by atoms with Gasteiger partial charge in [-0.25, -0.2) is 14.8 Å². The maximum Gasteiger partial charge on any atom is 0.335 e. The van der Waals surface area contributed by atoms with E-state index in [9.17, 15) is 9.90 Å². The van der Waals surface area contributed by atoms with E-state index < -0.39 is 11.5 Å². The molecule has 1 saturated heterocycles. The van der Waals surface area contributed by atoms with Gasteiger partial charge in [0.25, 0.3) is 0 Å². The number of carbonyl (C=O) groups is 1. The van der Waals surface area contributed by atoms with Crippen LogP contribution >= 0.6 is 0 Å². The Morgan fingerprint density at radius 2 is 2.23 bits per heavy atom. The van der Waals surface area contributed by atoms with Crippen molar-refractivity contribution in [2.45, 2.75) is 12.0 Å². The Kier molecular flexibility index (Phi) is 4.05. The van der Waals surface area contributed by atoms with E-state index in [0.29, 0.717) is 42.7 Å². The van der Waals surface area contributed by atoms with E-state index in [1.807, 2.05) is 6.07 Å². The number of nitrogens with zero attached hydrogens (tertiary/aromatic N) is 4. The molecule has 0 spiro atoms. The molecule has 9 nitrogen and oxygen atoms in total. The smallest absolute Gasteiger partial charge is 0.335 e. The monoisotopic (exact) mass is 352 g/mol. The van der Waals surface area contributed by atoms with Crippen molar-refractivity contribution in [2.24, 2.45) is 0 Å². The first-order chi connectivity index (χ1) is 12.7. The number of aromatic nitrogens is 5. The molecule has 1 fully saturated rings. The van der Waals surface area contributed by atoms with Gasteiger partial charge in [0.1, 0.15) is 17.6 Å². The lowest BCUT2D eigenvalue weighted by atomic mass is 9.97. The molecule has 26 heavy (non-hydrogen) atoms. The van der Waals surface area contributed by atoms with Crippen LogP contribution in [0.3, 0.4) is 0 Å². The topological polar surface area (TPSA) is 126 Å². The average molecular weight is 352 g/mol. The SMILES string of the molecule is O=C(O)c1cccc(N[C@@]2(c3nnc(-c4ccncn4)[nH]3)CCOC2)c1. The highest BCUT2D eigenvalue weighted by atomic mass is 16.5. The van der Waals surface area contributed by atoms with Crippen LogP contribution in [0, 0.1) is 0 Å². The van der Waals surface area contributed by atoms with E-state index in [1.54, 1.807) is 30.5 Å². The lowest BCUT2D eigenvalue weighted by Crippen LogP contribution is -2.37. The number of rotatable bonds is 5. The molecule has 132 valence electrons. The van der Waals surface area contributed by atoms with E-state index in [4.69, 9.17) is 4.74 Å². The largest absolute Gasteiger partial charge is 0.478 e. The standard InChI is InChI=1S/C17H16N6O3/c24-15(25)11-2-1-3-12(8-11)21-17(5-7-26-9-17)16-20-14(22-23-16)13-4-6-18-10-19-13/h1-4,6,8,10,21H,5,7,9H2,(H,24,25)(H,20,22,23)/t17-/m0/s1. The predicted octanol–water partition coefficient (Wildman–Crippen LogP) is 1.69. The number of anilines is 1. The third-order valence-electron chi connectivity index (χ3n) is 4.28. The molecule has 1 atom stereocenters. The van der Waals surface area contributed by atoms with Crippen molar-refractivity contribution in [3.8, 4) is 11.5 Å². The van der Waals surface area contributed by atoms with Gasteiger partial charge in [-0.15, -0.1) is 10.2 Å². The third kappa shape index (κ3) is 3.00. The Morgan fingerprint density at radius 1 is 1.31 bits per heavy atom. The van der Waals surface area contributed by atoms with E-state index in [2.05, 4.69) is 30.5 Å². The van der Waals surface area contributed by atoms with Crippen LogP contribution in [0.2, 0.25) is 0 Å². The summed E-state index contributed by atoms with van der Waals surface area (Å²) in [4.78, 5) is 22.5. The molecule has 0 amide bonds. The zero-order chi connectivity index (χ0) is 18.0. The first kappa shape index (κ1) is 16.2. The Bertz CT molecular complexity index is 921. The molecular weight excluding hydrogens is 336 g/mol. The second-order valence-corrected chi connectivity index (χ2v) is 6.01. The van der Waals surface area contributed by atoms with Crippen LogP contribution in [0.4, 0.5) is 5.69 Å². The molecule has 3 aromatic rings. The fourth-order valence-electron chi connectivity index (χ4n) is 2.94. The van der Waals surface area contributed by atoms with Gasteiger partial charge in [0, 0.05) is 24.9 Å². The summed E-state index contributed by atoms with van der Waals surface area (Å²) in [5.74, 6) is 0.176. The van der Waals surface area contributed by atoms with Crippen LogP contribution in [-0.2, 0) is 10.3 Å². The molecule has 1 aromatic carbocycles. The summed E-state index contributed by atoms with van der Waals surface area (Å²) in [6.45, 7) is 0.956. The third-order valence-corrected chi connectivity index (χ3v) is 4.28. The molecule has 0 bridgehead atoms. The maximum atomic E-state index is 11.2. The van der Waals surface area contributed by atoms with Gasteiger partial charge < -0.3 is 20.1 Å². The first-order valence-corrected chi connectivity index (χ1v) is 8.05. The molecule has 3 N–H and O–H groups in total. The Labute approximate surface area is 148 Å². The van der Waals surface area contributed by atoms with Crippen LogP contribution in [0.1, 0.15) is 22.6 Å². The Balaban J connectivity index is 1.66. The summed E-state index contributed by atoms with van der Waals surface area (Å²) in [7, 11) is 0. The van der Waals surface area contributed by atoms with Crippen LogP contribution in [0.5, 0.6) is 0 Å². The van der Waals surface area contributed by atoms with Gasteiger partial charge in [-0.3, -0.25) is 0 Å². The molecule has 2 aromatic heterocycles. The second-order valence-electron chi connectivity index (χ2n) is 6.01. The van der Waals surface area contributed by atoms with Crippen molar-refractivity contribution in [3.63, 3.8) is 0 Å². The predicted molar refractivity (Wildman–Crippen MR) is 91.5 cm³/mol. The fraction of sp³-hybridized carbons (Fsp3) is 0.235. The minimum absolute atomic E-state index is 0.211.